The van der Waals surface area contributed by atoms with Crippen molar-refractivity contribution in [3.63, 3.8) is 0 Å². The van der Waals surface area contributed by atoms with E-state index < -0.39 is 54.9 Å². The molecule has 17 atom stereocenters. The highest BCUT2D eigenvalue weighted by molar-refractivity contribution is 5.79. The van der Waals surface area contributed by atoms with Gasteiger partial charge in [0.05, 0.1) is 67.6 Å². The Morgan fingerprint density at radius 2 is 1.41 bits per heavy atom. The Morgan fingerprint density at radius 3 is 2.22 bits per heavy atom. The summed E-state index contributed by atoms with van der Waals surface area (Å²) in [5, 5.41) is 42.2. The molecule has 12 heteroatoms. The number of hydrogen-bond donors (Lipinski definition) is 4. The molecule has 7 aliphatic rings. The minimum Gasteiger partial charge on any atom is -0.394 e. The molecular formula is C39H58O12. The fraction of sp³-hybridized carbons (Fsp3) is 0.846. The van der Waals surface area contributed by atoms with Crippen LogP contribution in [-0.2, 0) is 38.0 Å². The largest absolute Gasteiger partial charge is 0.394 e. The number of ether oxygens (including phenoxy) is 6. The zero-order valence-corrected chi connectivity index (χ0v) is 29.9. The van der Waals surface area contributed by atoms with Gasteiger partial charge in [0.25, 0.3) is 0 Å². The lowest BCUT2D eigenvalue weighted by atomic mass is 9.82. The zero-order chi connectivity index (χ0) is 36.0. The highest BCUT2D eigenvalue weighted by Crippen LogP contribution is 2.43. The topological polar surface area (TPSA) is 170 Å². The van der Waals surface area contributed by atoms with Crippen molar-refractivity contribution in [3.05, 3.63) is 24.3 Å². The third-order valence-electron chi connectivity index (χ3n) is 12.7. The van der Waals surface area contributed by atoms with Gasteiger partial charge in [0.15, 0.2) is 0 Å². The van der Waals surface area contributed by atoms with Crippen molar-refractivity contribution in [2.75, 3.05) is 6.61 Å². The number of rotatable bonds is 3. The molecule has 51 heavy (non-hydrogen) atoms. The van der Waals surface area contributed by atoms with Crippen LogP contribution in [-0.4, -0.2) is 130 Å². The zero-order valence-electron chi connectivity index (χ0n) is 29.9. The monoisotopic (exact) mass is 718 g/mol. The first-order chi connectivity index (χ1) is 24.4. The molecule has 0 spiro atoms. The highest BCUT2D eigenvalue weighted by atomic mass is 16.6. The number of fused-ring (bicyclic) bond motifs is 7. The number of Topliss-reactive ketones (excluding diaryl/α,β-unsaturated/α-hetero) is 2. The molecule has 4 N–H and O–H groups in total. The van der Waals surface area contributed by atoms with Gasteiger partial charge in [-0.05, 0) is 74.3 Å². The average molecular weight is 719 g/mol. The molecule has 13 unspecified atom stereocenters. The summed E-state index contributed by atoms with van der Waals surface area (Å²) in [4.78, 5) is 26.8. The maximum Gasteiger partial charge on any atom is 0.135 e. The number of carbonyl (C=O) groups is 2. The van der Waals surface area contributed by atoms with Gasteiger partial charge in [0, 0.05) is 38.5 Å². The van der Waals surface area contributed by atoms with Crippen molar-refractivity contribution in [2.24, 2.45) is 11.8 Å². The molecule has 286 valence electrons. The van der Waals surface area contributed by atoms with Crippen LogP contribution in [0.4, 0.5) is 0 Å². The number of ketones is 2. The van der Waals surface area contributed by atoms with Crippen LogP contribution in [0, 0.1) is 11.8 Å². The van der Waals surface area contributed by atoms with E-state index in [2.05, 4.69) is 20.1 Å². The van der Waals surface area contributed by atoms with Gasteiger partial charge in [0.2, 0.25) is 0 Å². The molecule has 0 aromatic carbocycles. The Kier molecular flexibility index (Phi) is 11.9. The third-order valence-corrected chi connectivity index (χ3v) is 12.7. The van der Waals surface area contributed by atoms with Crippen LogP contribution >= 0.6 is 0 Å². The van der Waals surface area contributed by atoms with E-state index >= 15 is 0 Å². The normalized spacial score (nSPS) is 47.6. The highest BCUT2D eigenvalue weighted by Gasteiger charge is 2.57. The van der Waals surface area contributed by atoms with Crippen molar-refractivity contribution in [2.45, 2.75) is 188 Å². The molecule has 0 radical (unpaired) electrons. The summed E-state index contributed by atoms with van der Waals surface area (Å²) >= 11 is 0. The van der Waals surface area contributed by atoms with Gasteiger partial charge >= 0.3 is 0 Å². The molecule has 7 fully saturated rings. The molecule has 7 saturated heterocycles. The second-order valence-corrected chi connectivity index (χ2v) is 16.5. The first kappa shape index (κ1) is 37.7. The van der Waals surface area contributed by atoms with Crippen LogP contribution in [0.3, 0.4) is 0 Å². The van der Waals surface area contributed by atoms with Gasteiger partial charge in [-0.3, -0.25) is 9.59 Å². The Labute approximate surface area is 300 Å². The molecule has 8 bridgehead atoms. The molecule has 0 aromatic rings. The molecule has 0 amide bonds. The van der Waals surface area contributed by atoms with Crippen molar-refractivity contribution in [1.29, 1.82) is 0 Å². The maximum absolute atomic E-state index is 13.7. The first-order valence-electron chi connectivity index (χ1n) is 19.4. The van der Waals surface area contributed by atoms with E-state index in [9.17, 15) is 30.0 Å². The average Bonchev–Trinajstić information content (AvgIpc) is 3.75. The predicted molar refractivity (Wildman–Crippen MR) is 183 cm³/mol. The predicted octanol–water partition coefficient (Wildman–Crippen LogP) is 2.64. The summed E-state index contributed by atoms with van der Waals surface area (Å²) in [5.74, 6) is 0.139. The van der Waals surface area contributed by atoms with E-state index in [1.807, 2.05) is 0 Å². The lowest BCUT2D eigenvalue weighted by Crippen LogP contribution is -2.61. The molecule has 12 nitrogen and oxygen atoms in total. The van der Waals surface area contributed by atoms with Crippen molar-refractivity contribution in [3.8, 4) is 0 Å². The smallest absolute Gasteiger partial charge is 0.135 e. The van der Waals surface area contributed by atoms with Crippen molar-refractivity contribution < 1.29 is 58.4 Å². The van der Waals surface area contributed by atoms with E-state index in [1.54, 1.807) is 0 Å². The van der Waals surface area contributed by atoms with Crippen LogP contribution in [0.5, 0.6) is 0 Å². The molecule has 7 heterocycles. The second-order valence-electron chi connectivity index (χ2n) is 16.5. The summed E-state index contributed by atoms with van der Waals surface area (Å²) in [6.07, 6.45) is -1.06. The van der Waals surface area contributed by atoms with E-state index in [-0.39, 0.29) is 98.7 Å². The minimum absolute atomic E-state index is 0.000831. The molecule has 0 aliphatic carbocycles. The van der Waals surface area contributed by atoms with Gasteiger partial charge in [-0.1, -0.05) is 20.1 Å². The van der Waals surface area contributed by atoms with E-state index in [1.165, 1.54) is 0 Å². The van der Waals surface area contributed by atoms with E-state index in [0.717, 1.165) is 30.4 Å². The number of aliphatic hydroxyl groups is 4. The Bertz CT molecular complexity index is 1290. The molecule has 0 saturated carbocycles. The van der Waals surface area contributed by atoms with Gasteiger partial charge in [0.1, 0.15) is 42.1 Å². The summed E-state index contributed by atoms with van der Waals surface area (Å²) in [6.45, 7) is 10.5. The number of aliphatic hydroxyl groups excluding tert-OH is 4. The van der Waals surface area contributed by atoms with Crippen LogP contribution < -0.4 is 0 Å². The molecule has 0 aromatic heterocycles. The van der Waals surface area contributed by atoms with Crippen LogP contribution in [0.1, 0.15) is 96.8 Å². The second kappa shape index (κ2) is 16.0. The number of carbonyl (C=O) groups excluding carboxylic acids is 2. The minimum atomic E-state index is -1.08. The van der Waals surface area contributed by atoms with Gasteiger partial charge in [-0.2, -0.15) is 0 Å². The summed E-state index contributed by atoms with van der Waals surface area (Å²) in [6, 6.07) is 0. The summed E-state index contributed by atoms with van der Waals surface area (Å²) in [5.41, 5.74) is 2.05. The van der Waals surface area contributed by atoms with E-state index in [4.69, 9.17) is 28.4 Å². The van der Waals surface area contributed by atoms with Gasteiger partial charge in [-0.15, -0.1) is 0 Å². The van der Waals surface area contributed by atoms with Gasteiger partial charge in [-0.25, -0.2) is 0 Å². The summed E-state index contributed by atoms with van der Waals surface area (Å²) < 4.78 is 38.2. The SMILES string of the molecule is C=C1CC2CCC(=O)CC3OC4C(O)C5OC(CCC5OC4C3O)CC(=O)CC3C[C@@H](CC(O)CO)OC3C[C@H]3O[C@@H](CC[C@@H]1O2)CC(C)C3=C. The molecule has 7 rings (SSSR count). The number of hydrogen-bond acceptors (Lipinski definition) is 12. The first-order valence-corrected chi connectivity index (χ1v) is 19.4. The quantitative estimate of drug-likeness (QED) is 0.315. The Balaban J connectivity index is 1.09. The fourth-order valence-corrected chi connectivity index (χ4v) is 9.84. The standard InChI is InChI=1S/C39H58O12/c1-19-10-27-6-8-30-20(2)11-26(46-30)5-4-23(41)16-34-35(44)38-39(51-34)36(45)37-31(50-38)9-7-28(49-37)14-24(42)12-22-13-29(15-25(43)18-40)48-33(22)17-32(47-27)21(19)3/h19,22,25-40,43-45H,2-18H2,1H3/t19?,22?,25?,26?,27-,28?,29-,30-,31?,32+,33?,34?,35?,36?,37?,38?,39?/m0/s1. The van der Waals surface area contributed by atoms with Crippen molar-refractivity contribution in [1.82, 2.24) is 0 Å². The van der Waals surface area contributed by atoms with Crippen LogP contribution in [0.15, 0.2) is 24.3 Å². The Morgan fingerprint density at radius 1 is 0.686 bits per heavy atom. The maximum atomic E-state index is 13.7. The van der Waals surface area contributed by atoms with Crippen molar-refractivity contribution >= 4 is 11.6 Å². The summed E-state index contributed by atoms with van der Waals surface area (Å²) in [7, 11) is 0. The lowest BCUT2D eigenvalue weighted by molar-refractivity contribution is -0.259. The Hall–Kier alpha value is -1.58. The van der Waals surface area contributed by atoms with Gasteiger partial charge < -0.3 is 48.8 Å². The van der Waals surface area contributed by atoms with Crippen LogP contribution in [0.25, 0.3) is 0 Å². The molecule has 7 aliphatic heterocycles. The lowest BCUT2D eigenvalue weighted by Gasteiger charge is -2.46. The molecular weight excluding hydrogens is 660 g/mol. The van der Waals surface area contributed by atoms with Crippen LogP contribution in [0.2, 0.25) is 0 Å². The third kappa shape index (κ3) is 8.40. The van der Waals surface area contributed by atoms with E-state index in [0.29, 0.717) is 38.5 Å². The fourth-order valence-electron chi connectivity index (χ4n) is 9.84.